The Hall–Kier alpha value is -2.25. The Bertz CT molecular complexity index is 674. The summed E-state index contributed by atoms with van der Waals surface area (Å²) < 4.78 is 12.8. The second-order valence-corrected chi connectivity index (χ2v) is 6.51. The molecule has 7 heteroatoms. The molecule has 1 heterocycles. The lowest BCUT2D eigenvalue weighted by Crippen LogP contribution is -2.39. The Morgan fingerprint density at radius 3 is 2.46 bits per heavy atom. The molecule has 1 atom stereocenters. The van der Waals surface area contributed by atoms with Crippen molar-refractivity contribution in [2.75, 3.05) is 25.5 Å². The molecule has 0 aliphatic carbocycles. The van der Waals surface area contributed by atoms with E-state index in [1.165, 1.54) is 24.3 Å². The number of nitrogens with one attached hydrogen (secondary N) is 2. The third-order valence-electron chi connectivity index (χ3n) is 3.30. The molecule has 1 aromatic carbocycles. The first-order valence-electron chi connectivity index (χ1n) is 7.51. The molecule has 2 rings (SSSR count). The maximum atomic E-state index is 12.8. The Morgan fingerprint density at radius 1 is 1.17 bits per heavy atom. The lowest BCUT2D eigenvalue weighted by Gasteiger charge is -2.18. The zero-order chi connectivity index (χ0) is 17.5. The maximum Gasteiger partial charge on any atom is 0.238 e. The van der Waals surface area contributed by atoms with Gasteiger partial charge in [-0.05, 0) is 49.7 Å². The second-order valence-electron chi connectivity index (χ2n) is 5.53. The summed E-state index contributed by atoms with van der Waals surface area (Å²) in [4.78, 5) is 26.6. The quantitative estimate of drug-likeness (QED) is 0.808. The highest BCUT2D eigenvalue weighted by atomic mass is 32.1. The molecule has 0 radical (unpaired) electrons. The monoisotopic (exact) mass is 349 g/mol. The zero-order valence-corrected chi connectivity index (χ0v) is 14.4. The molecule has 0 aliphatic rings. The highest BCUT2D eigenvalue weighted by Gasteiger charge is 2.14. The summed E-state index contributed by atoms with van der Waals surface area (Å²) in [5, 5.41) is 7.52. The van der Waals surface area contributed by atoms with Crippen LogP contribution in [0.15, 0.2) is 41.8 Å². The van der Waals surface area contributed by atoms with Crippen LogP contribution >= 0.6 is 11.3 Å². The smallest absolute Gasteiger partial charge is 0.238 e. The fraction of sp³-hybridized carbons (Fsp3) is 0.294. The van der Waals surface area contributed by atoms with E-state index in [-0.39, 0.29) is 36.8 Å². The van der Waals surface area contributed by atoms with Gasteiger partial charge in [-0.2, -0.15) is 0 Å². The van der Waals surface area contributed by atoms with Crippen LogP contribution in [0.1, 0.15) is 17.8 Å². The van der Waals surface area contributed by atoms with Crippen LogP contribution in [0, 0.1) is 5.82 Å². The van der Waals surface area contributed by atoms with Gasteiger partial charge in [-0.25, -0.2) is 4.39 Å². The SMILES string of the molecule is C[C@@H](NC(=O)CN(C)CC(=O)Nc1ccc(F)cc1)c1cccs1. The number of benzene rings is 1. The van der Waals surface area contributed by atoms with E-state index in [4.69, 9.17) is 0 Å². The highest BCUT2D eigenvalue weighted by molar-refractivity contribution is 7.10. The van der Waals surface area contributed by atoms with Crippen molar-refractivity contribution in [3.05, 3.63) is 52.5 Å². The molecule has 0 saturated carbocycles. The van der Waals surface area contributed by atoms with E-state index in [0.29, 0.717) is 5.69 Å². The van der Waals surface area contributed by atoms with Gasteiger partial charge in [0, 0.05) is 10.6 Å². The molecule has 2 amide bonds. The fourth-order valence-electron chi connectivity index (χ4n) is 2.18. The number of halogens is 1. The van der Waals surface area contributed by atoms with Crippen LogP contribution in [0.25, 0.3) is 0 Å². The lowest BCUT2D eigenvalue weighted by molar-refractivity contribution is -0.123. The van der Waals surface area contributed by atoms with E-state index in [0.717, 1.165) is 4.88 Å². The number of thiophene rings is 1. The van der Waals surface area contributed by atoms with Gasteiger partial charge in [-0.1, -0.05) is 6.07 Å². The lowest BCUT2D eigenvalue weighted by atomic mass is 10.2. The van der Waals surface area contributed by atoms with Gasteiger partial charge < -0.3 is 10.6 Å². The van der Waals surface area contributed by atoms with Gasteiger partial charge in [0.05, 0.1) is 19.1 Å². The molecular formula is C17H20FN3O2S. The molecule has 1 aromatic heterocycles. The van der Waals surface area contributed by atoms with Gasteiger partial charge in [0.1, 0.15) is 5.82 Å². The predicted molar refractivity (Wildman–Crippen MR) is 93.4 cm³/mol. The van der Waals surface area contributed by atoms with Gasteiger partial charge >= 0.3 is 0 Å². The molecule has 0 aliphatic heterocycles. The van der Waals surface area contributed by atoms with Crippen molar-refractivity contribution in [1.82, 2.24) is 10.2 Å². The van der Waals surface area contributed by atoms with Crippen molar-refractivity contribution in [1.29, 1.82) is 0 Å². The zero-order valence-electron chi connectivity index (χ0n) is 13.6. The number of carbonyl (C=O) groups is 2. The number of hydrogen-bond acceptors (Lipinski definition) is 4. The van der Waals surface area contributed by atoms with E-state index < -0.39 is 0 Å². The Morgan fingerprint density at radius 2 is 1.83 bits per heavy atom. The fourth-order valence-corrected chi connectivity index (χ4v) is 2.91. The average molecular weight is 349 g/mol. The van der Waals surface area contributed by atoms with Crippen LogP contribution in [0.5, 0.6) is 0 Å². The van der Waals surface area contributed by atoms with E-state index in [1.54, 1.807) is 23.3 Å². The van der Waals surface area contributed by atoms with Gasteiger partial charge in [0.15, 0.2) is 0 Å². The first-order chi connectivity index (χ1) is 11.4. The van der Waals surface area contributed by atoms with E-state index in [9.17, 15) is 14.0 Å². The van der Waals surface area contributed by atoms with Gasteiger partial charge in [0.2, 0.25) is 11.8 Å². The molecule has 2 N–H and O–H groups in total. The van der Waals surface area contributed by atoms with Crippen LogP contribution in [-0.2, 0) is 9.59 Å². The number of rotatable bonds is 7. The molecular weight excluding hydrogens is 329 g/mol. The van der Waals surface area contributed by atoms with Crippen LogP contribution < -0.4 is 10.6 Å². The minimum atomic E-state index is -0.360. The number of amides is 2. The minimum absolute atomic E-state index is 0.0565. The summed E-state index contributed by atoms with van der Waals surface area (Å²) in [7, 11) is 1.69. The van der Waals surface area contributed by atoms with E-state index >= 15 is 0 Å². The maximum absolute atomic E-state index is 12.8. The molecule has 0 bridgehead atoms. The summed E-state index contributed by atoms with van der Waals surface area (Å²) >= 11 is 1.59. The van der Waals surface area contributed by atoms with Crippen molar-refractivity contribution < 1.29 is 14.0 Å². The van der Waals surface area contributed by atoms with Crippen molar-refractivity contribution in [2.45, 2.75) is 13.0 Å². The molecule has 0 fully saturated rings. The molecule has 2 aromatic rings. The minimum Gasteiger partial charge on any atom is -0.348 e. The average Bonchev–Trinajstić information content (AvgIpc) is 3.03. The van der Waals surface area contributed by atoms with E-state index in [2.05, 4.69) is 10.6 Å². The van der Waals surface area contributed by atoms with Crippen LogP contribution in [0.2, 0.25) is 0 Å². The Labute approximate surface area is 144 Å². The van der Waals surface area contributed by atoms with Crippen LogP contribution in [-0.4, -0.2) is 36.9 Å². The normalized spacial score (nSPS) is 12.0. The van der Waals surface area contributed by atoms with Crippen molar-refractivity contribution in [3.63, 3.8) is 0 Å². The third-order valence-corrected chi connectivity index (χ3v) is 4.36. The second kappa shape index (κ2) is 8.56. The summed E-state index contributed by atoms with van der Waals surface area (Å²) in [5.74, 6) is -0.766. The standard InChI is InChI=1S/C17H20FN3O2S/c1-12(15-4-3-9-24-15)19-16(22)10-21(2)11-17(23)20-14-7-5-13(18)6-8-14/h3-9,12H,10-11H2,1-2H3,(H,19,22)(H,20,23)/t12-/m1/s1. The van der Waals surface area contributed by atoms with Crippen molar-refractivity contribution in [3.8, 4) is 0 Å². The third kappa shape index (κ3) is 5.75. The molecule has 5 nitrogen and oxygen atoms in total. The summed E-state index contributed by atoms with van der Waals surface area (Å²) in [6.45, 7) is 2.11. The Kier molecular flexibility index (Phi) is 6.45. The van der Waals surface area contributed by atoms with Gasteiger partial charge in [-0.15, -0.1) is 11.3 Å². The topological polar surface area (TPSA) is 61.4 Å². The molecule has 0 saturated heterocycles. The number of anilines is 1. The van der Waals surface area contributed by atoms with Gasteiger partial charge in [-0.3, -0.25) is 14.5 Å². The number of likely N-dealkylation sites (N-methyl/N-ethyl adjacent to an activating group) is 1. The van der Waals surface area contributed by atoms with Gasteiger partial charge in [0.25, 0.3) is 0 Å². The summed E-state index contributed by atoms with van der Waals surface area (Å²) in [6.07, 6.45) is 0. The number of nitrogens with zero attached hydrogens (tertiary/aromatic N) is 1. The molecule has 0 spiro atoms. The number of hydrogen-bond donors (Lipinski definition) is 2. The molecule has 128 valence electrons. The summed E-state index contributed by atoms with van der Waals surface area (Å²) in [6, 6.07) is 9.38. The number of carbonyl (C=O) groups excluding carboxylic acids is 2. The first kappa shape index (κ1) is 18.1. The Balaban J connectivity index is 1.75. The van der Waals surface area contributed by atoms with Crippen molar-refractivity contribution >= 4 is 28.8 Å². The van der Waals surface area contributed by atoms with Crippen LogP contribution in [0.4, 0.5) is 10.1 Å². The molecule has 0 unspecified atom stereocenters. The first-order valence-corrected chi connectivity index (χ1v) is 8.38. The van der Waals surface area contributed by atoms with Crippen molar-refractivity contribution in [2.24, 2.45) is 0 Å². The largest absolute Gasteiger partial charge is 0.348 e. The predicted octanol–water partition coefficient (Wildman–Crippen LogP) is 2.63. The van der Waals surface area contributed by atoms with Crippen LogP contribution in [0.3, 0.4) is 0 Å². The summed E-state index contributed by atoms with van der Waals surface area (Å²) in [5.41, 5.74) is 0.519. The molecule has 24 heavy (non-hydrogen) atoms. The highest BCUT2D eigenvalue weighted by Crippen LogP contribution is 2.17. The van der Waals surface area contributed by atoms with E-state index in [1.807, 2.05) is 24.4 Å².